The standard InChI is InChI=1S/C22H20N2O4S/c1-2-24-19-12-11-18(16-9-6-10-17(21(16)19)22(24)26)23-20(25)14-29(27,28)13-15-7-4-3-5-8-15/h3-12H,2,13-14H2,1H3,(H,23,25). The zero-order valence-electron chi connectivity index (χ0n) is 15.9. The summed E-state index contributed by atoms with van der Waals surface area (Å²) < 4.78 is 24.8. The van der Waals surface area contributed by atoms with Gasteiger partial charge in [-0.25, -0.2) is 8.42 Å². The highest BCUT2D eigenvalue weighted by Crippen LogP contribution is 2.40. The van der Waals surface area contributed by atoms with E-state index >= 15 is 0 Å². The summed E-state index contributed by atoms with van der Waals surface area (Å²) in [6.07, 6.45) is 0. The van der Waals surface area contributed by atoms with Gasteiger partial charge in [-0.1, -0.05) is 42.5 Å². The van der Waals surface area contributed by atoms with Crippen molar-refractivity contribution in [2.24, 2.45) is 0 Å². The normalized spacial score (nSPS) is 13.1. The van der Waals surface area contributed by atoms with E-state index in [0.29, 0.717) is 23.4 Å². The van der Waals surface area contributed by atoms with Crippen LogP contribution in [0.1, 0.15) is 22.8 Å². The minimum atomic E-state index is -3.61. The molecule has 0 unspecified atom stereocenters. The van der Waals surface area contributed by atoms with Crippen LogP contribution in [-0.4, -0.2) is 32.5 Å². The number of benzene rings is 3. The lowest BCUT2D eigenvalue weighted by atomic mass is 10.0. The predicted molar refractivity (Wildman–Crippen MR) is 114 cm³/mol. The Hall–Kier alpha value is -3.19. The van der Waals surface area contributed by atoms with E-state index < -0.39 is 21.5 Å². The van der Waals surface area contributed by atoms with Gasteiger partial charge in [-0.2, -0.15) is 0 Å². The van der Waals surface area contributed by atoms with Crippen LogP contribution in [0.15, 0.2) is 60.7 Å². The van der Waals surface area contributed by atoms with Crippen molar-refractivity contribution in [1.29, 1.82) is 0 Å². The third kappa shape index (κ3) is 3.61. The predicted octanol–water partition coefficient (Wildman–Crippen LogP) is 3.37. The maximum Gasteiger partial charge on any atom is 0.258 e. The topological polar surface area (TPSA) is 83.6 Å². The number of carbonyl (C=O) groups is 2. The Bertz CT molecular complexity index is 1220. The zero-order chi connectivity index (χ0) is 20.6. The van der Waals surface area contributed by atoms with Gasteiger partial charge < -0.3 is 10.2 Å². The van der Waals surface area contributed by atoms with E-state index in [9.17, 15) is 18.0 Å². The van der Waals surface area contributed by atoms with Crippen LogP contribution >= 0.6 is 0 Å². The highest BCUT2D eigenvalue weighted by atomic mass is 32.2. The number of nitrogens with zero attached hydrogens (tertiary/aromatic N) is 1. The molecule has 0 radical (unpaired) electrons. The molecule has 6 nitrogen and oxygen atoms in total. The number of hydrogen-bond acceptors (Lipinski definition) is 4. The molecule has 1 aliphatic heterocycles. The molecular formula is C22H20N2O4S. The maximum atomic E-state index is 12.6. The number of amides is 2. The summed E-state index contributed by atoms with van der Waals surface area (Å²) in [7, 11) is -3.61. The first-order valence-electron chi connectivity index (χ1n) is 9.31. The molecule has 0 fully saturated rings. The number of rotatable bonds is 6. The second-order valence-electron chi connectivity index (χ2n) is 6.98. The summed E-state index contributed by atoms with van der Waals surface area (Å²) in [5, 5.41) is 4.21. The first-order valence-corrected chi connectivity index (χ1v) is 11.1. The van der Waals surface area contributed by atoms with Gasteiger partial charge in [0.15, 0.2) is 9.84 Å². The first-order chi connectivity index (χ1) is 13.9. The van der Waals surface area contributed by atoms with Gasteiger partial charge in [-0.3, -0.25) is 9.59 Å². The highest BCUT2D eigenvalue weighted by molar-refractivity contribution is 7.91. The SMILES string of the molecule is CCN1C(=O)c2cccc3c(NC(=O)CS(=O)(=O)Cc4ccccc4)ccc1c23. The number of hydrogen-bond donors (Lipinski definition) is 1. The Morgan fingerprint density at radius 2 is 1.76 bits per heavy atom. The molecule has 0 saturated heterocycles. The van der Waals surface area contributed by atoms with Crippen molar-refractivity contribution in [1.82, 2.24) is 0 Å². The van der Waals surface area contributed by atoms with Crippen molar-refractivity contribution in [3.8, 4) is 0 Å². The minimum absolute atomic E-state index is 0.0676. The molecule has 0 aliphatic carbocycles. The molecule has 0 spiro atoms. The molecule has 0 saturated carbocycles. The lowest BCUT2D eigenvalue weighted by Gasteiger charge is -2.15. The second kappa shape index (κ2) is 7.33. The molecule has 3 aromatic rings. The third-order valence-electron chi connectivity index (χ3n) is 4.96. The summed E-state index contributed by atoms with van der Waals surface area (Å²) >= 11 is 0. The minimum Gasteiger partial charge on any atom is -0.325 e. The van der Waals surface area contributed by atoms with E-state index in [-0.39, 0.29) is 11.7 Å². The summed E-state index contributed by atoms with van der Waals surface area (Å²) in [6, 6.07) is 17.6. The molecular weight excluding hydrogens is 388 g/mol. The lowest BCUT2D eigenvalue weighted by Crippen LogP contribution is -2.26. The highest BCUT2D eigenvalue weighted by Gasteiger charge is 2.29. The van der Waals surface area contributed by atoms with E-state index in [4.69, 9.17) is 0 Å². The van der Waals surface area contributed by atoms with E-state index in [1.165, 1.54) is 0 Å². The average Bonchev–Trinajstić information content (AvgIpc) is 2.96. The maximum absolute atomic E-state index is 12.6. The molecule has 1 aliphatic rings. The van der Waals surface area contributed by atoms with Crippen LogP contribution in [0.3, 0.4) is 0 Å². The van der Waals surface area contributed by atoms with Gasteiger partial charge >= 0.3 is 0 Å². The quantitative estimate of drug-likeness (QED) is 0.678. The van der Waals surface area contributed by atoms with Crippen molar-refractivity contribution in [2.45, 2.75) is 12.7 Å². The fourth-order valence-electron chi connectivity index (χ4n) is 3.73. The molecule has 4 rings (SSSR count). The average molecular weight is 408 g/mol. The van der Waals surface area contributed by atoms with Gasteiger partial charge in [0.2, 0.25) is 5.91 Å². The van der Waals surface area contributed by atoms with Gasteiger partial charge in [0.25, 0.3) is 5.91 Å². The van der Waals surface area contributed by atoms with E-state index in [1.807, 2.05) is 19.1 Å². The smallest absolute Gasteiger partial charge is 0.258 e. The largest absolute Gasteiger partial charge is 0.325 e. The van der Waals surface area contributed by atoms with Gasteiger partial charge in [-0.05, 0) is 30.7 Å². The zero-order valence-corrected chi connectivity index (χ0v) is 16.7. The van der Waals surface area contributed by atoms with Crippen LogP contribution in [0.4, 0.5) is 11.4 Å². The lowest BCUT2D eigenvalue weighted by molar-refractivity contribution is -0.113. The monoisotopic (exact) mass is 408 g/mol. The molecule has 7 heteroatoms. The van der Waals surface area contributed by atoms with Crippen molar-refractivity contribution >= 4 is 43.8 Å². The van der Waals surface area contributed by atoms with Crippen molar-refractivity contribution < 1.29 is 18.0 Å². The fraction of sp³-hybridized carbons (Fsp3) is 0.182. The van der Waals surface area contributed by atoms with Crippen LogP contribution < -0.4 is 10.2 Å². The number of anilines is 2. The molecule has 148 valence electrons. The molecule has 0 aromatic heterocycles. The van der Waals surface area contributed by atoms with Crippen LogP contribution in [0.2, 0.25) is 0 Å². The fourth-order valence-corrected chi connectivity index (χ4v) is 5.01. The van der Waals surface area contributed by atoms with Crippen LogP contribution in [0.5, 0.6) is 0 Å². The van der Waals surface area contributed by atoms with E-state index in [2.05, 4.69) is 5.32 Å². The molecule has 0 bridgehead atoms. The molecule has 29 heavy (non-hydrogen) atoms. The molecule has 2 amide bonds. The first kappa shape index (κ1) is 19.1. The number of sulfone groups is 1. The molecule has 1 N–H and O–H groups in total. The summed E-state index contributed by atoms with van der Waals surface area (Å²) in [5.41, 5.74) is 2.53. The van der Waals surface area contributed by atoms with Crippen LogP contribution in [-0.2, 0) is 20.4 Å². The summed E-state index contributed by atoms with van der Waals surface area (Å²) in [4.78, 5) is 26.7. The number of carbonyl (C=O) groups excluding carboxylic acids is 2. The second-order valence-corrected chi connectivity index (χ2v) is 9.04. The van der Waals surface area contributed by atoms with Gasteiger partial charge in [0.05, 0.1) is 11.4 Å². The van der Waals surface area contributed by atoms with Gasteiger partial charge in [0, 0.05) is 28.6 Å². The Morgan fingerprint density at radius 3 is 2.48 bits per heavy atom. The van der Waals surface area contributed by atoms with Gasteiger partial charge in [0.1, 0.15) is 5.75 Å². The number of nitrogens with one attached hydrogen (secondary N) is 1. The Balaban J connectivity index is 1.58. The van der Waals surface area contributed by atoms with Crippen molar-refractivity contribution in [3.63, 3.8) is 0 Å². The Labute approximate surface area is 169 Å². The molecule has 3 aromatic carbocycles. The van der Waals surface area contributed by atoms with E-state index in [0.717, 1.165) is 16.5 Å². The summed E-state index contributed by atoms with van der Waals surface area (Å²) in [6.45, 7) is 2.45. The van der Waals surface area contributed by atoms with Crippen molar-refractivity contribution in [3.05, 3.63) is 71.8 Å². The van der Waals surface area contributed by atoms with Crippen molar-refractivity contribution in [2.75, 3.05) is 22.5 Å². The Kier molecular flexibility index (Phi) is 4.84. The summed E-state index contributed by atoms with van der Waals surface area (Å²) in [5.74, 6) is -1.46. The third-order valence-corrected chi connectivity index (χ3v) is 6.43. The van der Waals surface area contributed by atoms with Gasteiger partial charge in [-0.15, -0.1) is 0 Å². The Morgan fingerprint density at radius 1 is 1.00 bits per heavy atom. The van der Waals surface area contributed by atoms with E-state index in [1.54, 1.807) is 53.4 Å². The van der Waals surface area contributed by atoms with Crippen LogP contribution in [0.25, 0.3) is 10.8 Å². The molecule has 0 atom stereocenters. The molecule has 1 heterocycles. The van der Waals surface area contributed by atoms with Crippen LogP contribution in [0, 0.1) is 0 Å².